The first-order valence-corrected chi connectivity index (χ1v) is 7.56. The summed E-state index contributed by atoms with van der Waals surface area (Å²) < 4.78 is 1.48. The lowest BCUT2D eigenvalue weighted by Crippen LogP contribution is -2.54. The van der Waals surface area contributed by atoms with Crippen molar-refractivity contribution >= 4 is 17.2 Å². The fourth-order valence-electron chi connectivity index (χ4n) is 2.88. The number of hydrogen-bond donors (Lipinski definition) is 1. The number of piperazine rings is 1. The molecule has 112 valence electrons. The van der Waals surface area contributed by atoms with Crippen LogP contribution in [0.5, 0.6) is 0 Å². The summed E-state index contributed by atoms with van der Waals surface area (Å²) in [6, 6.07) is 5.99. The number of halogens is 1. The highest BCUT2D eigenvalue weighted by Gasteiger charge is 2.24. The smallest absolute Gasteiger partial charge is 0.258 e. The molecule has 0 amide bonds. The summed E-state index contributed by atoms with van der Waals surface area (Å²) in [6.45, 7) is 7.00. The van der Waals surface area contributed by atoms with Gasteiger partial charge in [-0.25, -0.2) is 4.98 Å². The molecular weight excluding hydrogens is 288 g/mol. The molecule has 3 rings (SSSR count). The highest BCUT2D eigenvalue weighted by Crippen LogP contribution is 2.14. The molecule has 0 aliphatic carbocycles. The molecule has 2 aromatic heterocycles. The number of fused-ring (bicyclic) bond motifs is 1. The summed E-state index contributed by atoms with van der Waals surface area (Å²) in [5.41, 5.74) is 1.35. The number of nitrogens with zero attached hydrogens (tertiary/aromatic N) is 3. The van der Waals surface area contributed by atoms with Crippen molar-refractivity contribution in [1.82, 2.24) is 19.6 Å². The van der Waals surface area contributed by atoms with E-state index in [1.54, 1.807) is 24.4 Å². The fraction of sp³-hybridized carbons (Fsp3) is 0.467. The third-order valence-corrected chi connectivity index (χ3v) is 4.26. The van der Waals surface area contributed by atoms with E-state index >= 15 is 0 Å². The van der Waals surface area contributed by atoms with E-state index in [0.717, 1.165) is 18.8 Å². The lowest BCUT2D eigenvalue weighted by atomic mass is 10.1. The summed E-state index contributed by atoms with van der Waals surface area (Å²) in [6.07, 6.45) is 1.60. The van der Waals surface area contributed by atoms with Crippen molar-refractivity contribution in [2.75, 3.05) is 13.1 Å². The van der Waals surface area contributed by atoms with Crippen molar-refractivity contribution < 1.29 is 0 Å². The Morgan fingerprint density at radius 1 is 1.33 bits per heavy atom. The minimum atomic E-state index is -0.0899. The van der Waals surface area contributed by atoms with Crippen LogP contribution in [0, 0.1) is 0 Å². The van der Waals surface area contributed by atoms with Crippen LogP contribution >= 0.6 is 11.6 Å². The highest BCUT2D eigenvalue weighted by molar-refractivity contribution is 6.30. The van der Waals surface area contributed by atoms with Crippen LogP contribution in [0.2, 0.25) is 5.02 Å². The van der Waals surface area contributed by atoms with Crippen molar-refractivity contribution in [3.05, 3.63) is 45.5 Å². The first-order valence-electron chi connectivity index (χ1n) is 7.19. The number of rotatable bonds is 2. The normalized spacial score (nSPS) is 23.6. The second-order valence-electron chi connectivity index (χ2n) is 5.69. The monoisotopic (exact) mass is 306 g/mol. The maximum atomic E-state index is 12.2. The zero-order valence-corrected chi connectivity index (χ0v) is 13.0. The van der Waals surface area contributed by atoms with Crippen molar-refractivity contribution in [3.63, 3.8) is 0 Å². The number of aromatic nitrogens is 2. The van der Waals surface area contributed by atoms with E-state index in [9.17, 15) is 4.79 Å². The molecule has 2 atom stereocenters. The van der Waals surface area contributed by atoms with Gasteiger partial charge >= 0.3 is 0 Å². The highest BCUT2D eigenvalue weighted by atomic mass is 35.5. The van der Waals surface area contributed by atoms with Gasteiger partial charge in [0.15, 0.2) is 0 Å². The molecule has 3 heterocycles. The molecule has 1 aliphatic rings. The summed E-state index contributed by atoms with van der Waals surface area (Å²) in [5.74, 6) is 0. The number of pyridine rings is 1. The van der Waals surface area contributed by atoms with Crippen LogP contribution in [0.25, 0.3) is 5.65 Å². The Bertz CT molecular complexity index is 704. The van der Waals surface area contributed by atoms with E-state index in [2.05, 4.69) is 29.0 Å². The van der Waals surface area contributed by atoms with E-state index in [1.165, 1.54) is 4.40 Å². The van der Waals surface area contributed by atoms with Crippen molar-refractivity contribution in [1.29, 1.82) is 0 Å². The number of nitrogens with one attached hydrogen (secondary N) is 1. The second-order valence-corrected chi connectivity index (χ2v) is 6.13. The average Bonchev–Trinajstić information content (AvgIpc) is 2.44. The van der Waals surface area contributed by atoms with Gasteiger partial charge in [0, 0.05) is 44.0 Å². The number of hydrogen-bond acceptors (Lipinski definition) is 4. The zero-order chi connectivity index (χ0) is 15.0. The van der Waals surface area contributed by atoms with E-state index in [0.29, 0.717) is 29.3 Å². The Morgan fingerprint density at radius 2 is 2.05 bits per heavy atom. The van der Waals surface area contributed by atoms with Crippen LogP contribution in [0.1, 0.15) is 19.5 Å². The predicted octanol–water partition coefficient (Wildman–Crippen LogP) is 1.53. The quantitative estimate of drug-likeness (QED) is 0.914. The van der Waals surface area contributed by atoms with Gasteiger partial charge in [-0.05, 0) is 26.0 Å². The van der Waals surface area contributed by atoms with Gasteiger partial charge in [-0.1, -0.05) is 11.6 Å². The third-order valence-electron chi connectivity index (χ3n) is 4.03. The van der Waals surface area contributed by atoms with Gasteiger partial charge in [0.25, 0.3) is 5.56 Å². The molecule has 5 nitrogen and oxygen atoms in total. The van der Waals surface area contributed by atoms with Gasteiger partial charge in [0.1, 0.15) is 5.65 Å². The molecule has 2 unspecified atom stereocenters. The zero-order valence-electron chi connectivity index (χ0n) is 12.2. The van der Waals surface area contributed by atoms with E-state index in [1.807, 2.05) is 0 Å². The first kappa shape index (κ1) is 14.5. The molecule has 0 aromatic carbocycles. The molecule has 1 N–H and O–H groups in total. The van der Waals surface area contributed by atoms with Gasteiger partial charge in [-0.3, -0.25) is 14.1 Å². The molecule has 2 aromatic rings. The fourth-order valence-corrected chi connectivity index (χ4v) is 3.04. The van der Waals surface area contributed by atoms with Crippen LogP contribution in [-0.2, 0) is 6.54 Å². The summed E-state index contributed by atoms with van der Waals surface area (Å²) in [5, 5.41) is 3.94. The Balaban J connectivity index is 1.94. The molecule has 0 saturated carbocycles. The molecule has 0 radical (unpaired) electrons. The largest absolute Gasteiger partial charge is 0.314 e. The van der Waals surface area contributed by atoms with Gasteiger partial charge < -0.3 is 5.32 Å². The third kappa shape index (κ3) is 2.95. The maximum absolute atomic E-state index is 12.2. The summed E-state index contributed by atoms with van der Waals surface area (Å²) in [7, 11) is 0. The van der Waals surface area contributed by atoms with Crippen LogP contribution in [-0.4, -0.2) is 39.5 Å². The minimum Gasteiger partial charge on any atom is -0.314 e. The van der Waals surface area contributed by atoms with Crippen molar-refractivity contribution in [2.45, 2.75) is 32.5 Å². The molecule has 1 fully saturated rings. The lowest BCUT2D eigenvalue weighted by molar-refractivity contribution is 0.107. The van der Waals surface area contributed by atoms with E-state index in [-0.39, 0.29) is 5.56 Å². The molecular formula is C15H19ClN4O. The molecule has 0 bridgehead atoms. The predicted molar refractivity (Wildman–Crippen MR) is 83.8 cm³/mol. The summed E-state index contributed by atoms with van der Waals surface area (Å²) >= 11 is 5.92. The minimum absolute atomic E-state index is 0.0899. The van der Waals surface area contributed by atoms with E-state index in [4.69, 9.17) is 11.6 Å². The Labute approximate surface area is 128 Å². The van der Waals surface area contributed by atoms with E-state index < -0.39 is 0 Å². The van der Waals surface area contributed by atoms with Gasteiger partial charge in [0.05, 0.1) is 10.7 Å². The van der Waals surface area contributed by atoms with Crippen LogP contribution in [0.4, 0.5) is 0 Å². The van der Waals surface area contributed by atoms with Crippen molar-refractivity contribution in [3.8, 4) is 0 Å². The molecule has 0 spiro atoms. The topological polar surface area (TPSA) is 49.6 Å². The second kappa shape index (κ2) is 5.75. The Morgan fingerprint density at radius 3 is 2.76 bits per heavy atom. The van der Waals surface area contributed by atoms with Crippen molar-refractivity contribution in [2.24, 2.45) is 0 Å². The first-order chi connectivity index (χ1) is 10.0. The SMILES string of the molecule is CC1CNCC(C)N1Cc1cc(=O)n2cc(Cl)ccc2n1. The molecule has 1 aliphatic heterocycles. The lowest BCUT2D eigenvalue weighted by Gasteiger charge is -2.39. The van der Waals surface area contributed by atoms with Crippen LogP contribution < -0.4 is 10.9 Å². The average molecular weight is 307 g/mol. The Hall–Kier alpha value is -1.43. The van der Waals surface area contributed by atoms with Gasteiger partial charge in [-0.2, -0.15) is 0 Å². The summed E-state index contributed by atoms with van der Waals surface area (Å²) in [4.78, 5) is 19.2. The standard InChI is InChI=1S/C15H19ClN4O/c1-10-6-17-7-11(2)19(10)9-13-5-15(21)20-8-12(16)3-4-14(20)18-13/h3-5,8,10-11,17H,6-7,9H2,1-2H3. The maximum Gasteiger partial charge on any atom is 0.258 e. The molecule has 1 saturated heterocycles. The van der Waals surface area contributed by atoms with Gasteiger partial charge in [-0.15, -0.1) is 0 Å². The van der Waals surface area contributed by atoms with Crippen LogP contribution in [0.15, 0.2) is 29.2 Å². The molecule has 6 heteroatoms. The van der Waals surface area contributed by atoms with Crippen LogP contribution in [0.3, 0.4) is 0 Å². The van der Waals surface area contributed by atoms with Gasteiger partial charge in [0.2, 0.25) is 0 Å². The Kier molecular flexibility index (Phi) is 3.97. The molecule has 21 heavy (non-hydrogen) atoms.